The van der Waals surface area contributed by atoms with Gasteiger partial charge in [0.1, 0.15) is 0 Å². The van der Waals surface area contributed by atoms with Crippen LogP contribution in [0.1, 0.15) is 25.3 Å². The van der Waals surface area contributed by atoms with Gasteiger partial charge in [-0.1, -0.05) is 6.07 Å². The number of carboxylic acids is 2. The van der Waals surface area contributed by atoms with Crippen LogP contribution in [0.5, 0.6) is 0 Å². The molecule has 0 amide bonds. The molecule has 8 nitrogen and oxygen atoms in total. The van der Waals surface area contributed by atoms with Gasteiger partial charge >= 0.3 is 11.9 Å². The lowest BCUT2D eigenvalue weighted by Gasteiger charge is -2.28. The molecule has 2 aromatic rings. The van der Waals surface area contributed by atoms with Crippen molar-refractivity contribution in [2.75, 3.05) is 0 Å². The van der Waals surface area contributed by atoms with Gasteiger partial charge in [-0.15, -0.1) is 11.3 Å². The van der Waals surface area contributed by atoms with Crippen LogP contribution in [0.25, 0.3) is 10.1 Å². The number of fused-ring (bicyclic) bond motifs is 1. The van der Waals surface area contributed by atoms with E-state index >= 15 is 0 Å². The summed E-state index contributed by atoms with van der Waals surface area (Å²) >= 11 is 1.21. The van der Waals surface area contributed by atoms with E-state index in [2.05, 4.69) is 5.32 Å². The van der Waals surface area contributed by atoms with Crippen LogP contribution in [0.4, 0.5) is 5.69 Å². The van der Waals surface area contributed by atoms with Crippen LogP contribution >= 0.6 is 11.3 Å². The maximum Gasteiger partial charge on any atom is 0.334 e. The van der Waals surface area contributed by atoms with Crippen molar-refractivity contribution in [1.82, 2.24) is 5.32 Å². The molecule has 0 fully saturated rings. The number of rotatable bonds is 4. The van der Waals surface area contributed by atoms with E-state index in [1.807, 2.05) is 0 Å². The van der Waals surface area contributed by atoms with Gasteiger partial charge in [0.25, 0.3) is 5.69 Å². The van der Waals surface area contributed by atoms with Gasteiger partial charge in [-0.2, -0.15) is 0 Å². The first-order valence-corrected chi connectivity index (χ1v) is 8.41. The second kappa shape index (κ2) is 6.26. The molecule has 1 aliphatic heterocycles. The molecule has 0 unspecified atom stereocenters. The van der Waals surface area contributed by atoms with Crippen molar-refractivity contribution in [3.8, 4) is 0 Å². The van der Waals surface area contributed by atoms with Crippen molar-refractivity contribution in [3.05, 3.63) is 61.8 Å². The fourth-order valence-corrected chi connectivity index (χ4v) is 4.34. The zero-order chi connectivity index (χ0) is 19.2. The predicted molar refractivity (Wildman–Crippen MR) is 95.0 cm³/mol. The molecule has 1 aromatic carbocycles. The van der Waals surface area contributed by atoms with Gasteiger partial charge in [-0.25, -0.2) is 9.59 Å². The average Bonchev–Trinajstić information content (AvgIpc) is 2.96. The molecule has 0 aliphatic carbocycles. The molecular formula is C17H14N2O6S. The van der Waals surface area contributed by atoms with Gasteiger partial charge < -0.3 is 15.5 Å². The van der Waals surface area contributed by atoms with E-state index in [4.69, 9.17) is 0 Å². The molecule has 1 aromatic heterocycles. The summed E-state index contributed by atoms with van der Waals surface area (Å²) in [5.41, 5.74) is 0.483. The minimum Gasteiger partial charge on any atom is -0.478 e. The van der Waals surface area contributed by atoms with Crippen molar-refractivity contribution in [1.29, 1.82) is 0 Å². The fraction of sp³-hybridized carbons (Fsp3) is 0.176. The van der Waals surface area contributed by atoms with E-state index < -0.39 is 22.8 Å². The van der Waals surface area contributed by atoms with E-state index in [1.54, 1.807) is 31.4 Å². The molecule has 1 aliphatic rings. The van der Waals surface area contributed by atoms with Crippen molar-refractivity contribution in [2.45, 2.75) is 19.8 Å². The van der Waals surface area contributed by atoms with Gasteiger partial charge in [-0.3, -0.25) is 10.1 Å². The van der Waals surface area contributed by atoms with Gasteiger partial charge in [-0.05, 0) is 30.9 Å². The molecule has 0 atom stereocenters. The number of non-ortho nitro benzene ring substituents is 1. The Balaban J connectivity index is 2.39. The molecule has 3 rings (SSSR count). The topological polar surface area (TPSA) is 130 Å². The van der Waals surface area contributed by atoms with Crippen molar-refractivity contribution >= 4 is 39.0 Å². The lowest BCUT2D eigenvalue weighted by atomic mass is 9.80. The average molecular weight is 374 g/mol. The van der Waals surface area contributed by atoms with Crippen molar-refractivity contribution in [3.63, 3.8) is 0 Å². The Morgan fingerprint density at radius 3 is 2.23 bits per heavy atom. The van der Waals surface area contributed by atoms with Gasteiger partial charge in [0.15, 0.2) is 0 Å². The minimum absolute atomic E-state index is 0.133. The predicted octanol–water partition coefficient (Wildman–Crippen LogP) is 3.21. The zero-order valence-corrected chi connectivity index (χ0v) is 14.6. The normalized spacial score (nSPS) is 15.3. The van der Waals surface area contributed by atoms with E-state index in [9.17, 15) is 29.9 Å². The quantitative estimate of drug-likeness (QED) is 0.553. The highest BCUT2D eigenvalue weighted by Crippen LogP contribution is 2.45. The summed E-state index contributed by atoms with van der Waals surface area (Å²) in [6.07, 6.45) is 0. The Morgan fingerprint density at radius 1 is 1.15 bits per heavy atom. The highest BCUT2D eigenvalue weighted by molar-refractivity contribution is 7.17. The number of aliphatic carboxylic acids is 2. The molecular weight excluding hydrogens is 360 g/mol. The molecule has 0 saturated carbocycles. The Kier molecular flexibility index (Phi) is 4.25. The monoisotopic (exact) mass is 374 g/mol. The number of hydrogen-bond donors (Lipinski definition) is 3. The number of hydrogen-bond acceptors (Lipinski definition) is 6. The number of carbonyl (C=O) groups is 2. The van der Waals surface area contributed by atoms with Crippen molar-refractivity contribution in [2.24, 2.45) is 0 Å². The first-order valence-electron chi connectivity index (χ1n) is 7.53. The summed E-state index contributed by atoms with van der Waals surface area (Å²) in [7, 11) is 0. The lowest BCUT2D eigenvalue weighted by molar-refractivity contribution is -0.383. The number of dihydropyridines is 1. The number of thiophene rings is 1. The molecule has 0 radical (unpaired) electrons. The summed E-state index contributed by atoms with van der Waals surface area (Å²) in [6, 6.07) is 4.56. The number of benzene rings is 1. The third-order valence-corrected chi connectivity index (χ3v) is 5.30. The molecule has 0 bridgehead atoms. The molecule has 3 N–H and O–H groups in total. The molecule has 134 valence electrons. The molecule has 2 heterocycles. The lowest BCUT2D eigenvalue weighted by Crippen LogP contribution is -2.30. The molecule has 26 heavy (non-hydrogen) atoms. The van der Waals surface area contributed by atoms with Crippen molar-refractivity contribution < 1.29 is 24.7 Å². The van der Waals surface area contributed by atoms with Crippen LogP contribution < -0.4 is 5.32 Å². The smallest absolute Gasteiger partial charge is 0.334 e. The van der Waals surface area contributed by atoms with Crippen LogP contribution in [-0.2, 0) is 9.59 Å². The number of nitrogens with zero attached hydrogens (tertiary/aromatic N) is 1. The van der Waals surface area contributed by atoms with Crippen LogP contribution in [0.3, 0.4) is 0 Å². The van der Waals surface area contributed by atoms with Crippen LogP contribution in [-0.4, -0.2) is 27.1 Å². The fourth-order valence-electron chi connectivity index (χ4n) is 3.33. The summed E-state index contributed by atoms with van der Waals surface area (Å²) < 4.78 is 0.595. The highest BCUT2D eigenvalue weighted by atomic mass is 32.1. The Bertz CT molecular complexity index is 997. The van der Waals surface area contributed by atoms with Gasteiger partial charge in [0.05, 0.1) is 27.4 Å². The standard InChI is InChI=1S/C17H14N2O6S/c1-7-12(16(20)21)15(13(17(22)23)8(2)18-7)9-6-26-11-5-3-4-10(14(9)11)19(24)25/h3-6,15,18H,1-2H3,(H,20,21)(H,22,23). The number of nitro benzene ring substituents is 1. The Hall–Kier alpha value is -3.20. The number of carboxylic acid groups (broad SMARTS) is 2. The third kappa shape index (κ3) is 2.62. The van der Waals surface area contributed by atoms with E-state index in [-0.39, 0.29) is 22.2 Å². The summed E-state index contributed by atoms with van der Waals surface area (Å²) in [5, 5.41) is 35.4. The van der Waals surface area contributed by atoms with Gasteiger partial charge in [0.2, 0.25) is 0 Å². The number of allylic oxidation sites excluding steroid dienone is 2. The summed E-state index contributed by atoms with van der Waals surface area (Å²) in [4.78, 5) is 34.6. The SMILES string of the molecule is CC1=C(C(=O)O)C(c2csc3cccc([N+](=O)[O-])c23)C(C(=O)O)=C(C)N1. The molecule has 0 saturated heterocycles. The summed E-state index contributed by atoms with van der Waals surface area (Å²) in [5.74, 6) is -3.66. The van der Waals surface area contributed by atoms with Crippen LogP contribution in [0.15, 0.2) is 46.1 Å². The maximum absolute atomic E-state index is 11.9. The van der Waals surface area contributed by atoms with E-state index in [1.165, 1.54) is 17.4 Å². The van der Waals surface area contributed by atoms with E-state index in [0.29, 0.717) is 21.7 Å². The second-order valence-corrected chi connectivity index (χ2v) is 6.76. The first-order chi connectivity index (χ1) is 12.2. The zero-order valence-electron chi connectivity index (χ0n) is 13.8. The minimum atomic E-state index is -1.27. The third-order valence-electron chi connectivity index (χ3n) is 4.33. The van der Waals surface area contributed by atoms with Gasteiger partial charge in [0, 0.05) is 22.2 Å². The second-order valence-electron chi connectivity index (χ2n) is 5.84. The first kappa shape index (κ1) is 17.6. The molecule has 0 spiro atoms. The highest BCUT2D eigenvalue weighted by Gasteiger charge is 2.38. The maximum atomic E-state index is 11.9. The largest absolute Gasteiger partial charge is 0.478 e. The Labute approximate surface area is 151 Å². The summed E-state index contributed by atoms with van der Waals surface area (Å²) in [6.45, 7) is 3.09. The Morgan fingerprint density at radius 2 is 1.73 bits per heavy atom. The van der Waals surface area contributed by atoms with E-state index in [0.717, 1.165) is 0 Å². The number of nitrogens with one attached hydrogen (secondary N) is 1. The molecule has 9 heteroatoms. The van der Waals surface area contributed by atoms with Crippen LogP contribution in [0, 0.1) is 10.1 Å². The van der Waals surface area contributed by atoms with Crippen LogP contribution in [0.2, 0.25) is 0 Å². The number of nitro groups is 1.